The number of rotatable bonds is 19. The molecule has 1 heterocycles. The normalized spacial score (nSPS) is 16.2. The average molecular weight is 670 g/mol. The van der Waals surface area contributed by atoms with Crippen LogP contribution in [-0.4, -0.2) is 78.3 Å². The number of imide groups is 1. The summed E-state index contributed by atoms with van der Waals surface area (Å²) in [7, 11) is 0. The Hall–Kier alpha value is -4.01. The first-order valence-electron chi connectivity index (χ1n) is 15.8. The second kappa shape index (κ2) is 19.0. The second-order valence-electron chi connectivity index (χ2n) is 12.0. The van der Waals surface area contributed by atoms with Gasteiger partial charge in [-0.25, -0.2) is 0 Å². The molecule has 0 spiro atoms. The summed E-state index contributed by atoms with van der Waals surface area (Å²) in [5.41, 5.74) is 1.31. The number of unbranched alkanes of at least 4 members (excludes halogenated alkanes) is 2. The average Bonchev–Trinajstić information content (AvgIpc) is 3.23. The molecule has 47 heavy (non-hydrogen) atoms. The molecule has 0 radical (unpaired) electrons. The number of amides is 5. The van der Waals surface area contributed by atoms with E-state index in [1.165, 1.54) is 6.92 Å². The number of carbonyl (C=O) groups is 6. The molecule has 1 aliphatic rings. The number of carbonyl (C=O) groups excluding carboxylic acids is 6. The van der Waals surface area contributed by atoms with Crippen molar-refractivity contribution in [2.75, 3.05) is 25.0 Å². The number of anilines is 1. The SMILES string of the molecule is CC(=O)OCc1ccc(NC(=O)CCCNC(=O)CNC(=O)C(NC(CCCCCN2C(=O)CC(C)C2=O)C(F)(F)F)C(C)C)cc1. The summed E-state index contributed by atoms with van der Waals surface area (Å²) < 4.78 is 46.4. The van der Waals surface area contributed by atoms with Gasteiger partial charge in [0.05, 0.1) is 12.6 Å². The van der Waals surface area contributed by atoms with Crippen LogP contribution in [0.2, 0.25) is 0 Å². The Bertz CT molecular complexity index is 1240. The molecule has 5 amide bonds. The first kappa shape index (κ1) is 39.2. The van der Waals surface area contributed by atoms with Crippen LogP contribution in [0.1, 0.15) is 78.2 Å². The van der Waals surface area contributed by atoms with Gasteiger partial charge in [-0.3, -0.25) is 39.0 Å². The molecule has 4 N–H and O–H groups in total. The fourth-order valence-electron chi connectivity index (χ4n) is 4.92. The minimum absolute atomic E-state index is 0.105. The topological polar surface area (TPSA) is 163 Å². The molecule has 0 aliphatic carbocycles. The molecule has 0 aromatic heterocycles. The lowest BCUT2D eigenvalue weighted by Crippen LogP contribution is -2.56. The van der Waals surface area contributed by atoms with E-state index >= 15 is 0 Å². The fourth-order valence-corrected chi connectivity index (χ4v) is 4.92. The maximum absolute atomic E-state index is 13.8. The number of hydrogen-bond donors (Lipinski definition) is 4. The van der Waals surface area contributed by atoms with Gasteiger partial charge in [0.15, 0.2) is 0 Å². The molecule has 262 valence electrons. The van der Waals surface area contributed by atoms with Crippen LogP contribution in [-0.2, 0) is 40.1 Å². The molecule has 0 saturated carbocycles. The molecule has 1 aromatic rings. The third-order valence-corrected chi connectivity index (χ3v) is 7.57. The van der Waals surface area contributed by atoms with Gasteiger partial charge in [-0.15, -0.1) is 0 Å². The van der Waals surface area contributed by atoms with Crippen LogP contribution in [0.5, 0.6) is 0 Å². The first-order chi connectivity index (χ1) is 22.1. The van der Waals surface area contributed by atoms with E-state index in [0.29, 0.717) is 24.9 Å². The molecule has 3 unspecified atom stereocenters. The van der Waals surface area contributed by atoms with Crippen molar-refractivity contribution in [2.24, 2.45) is 11.8 Å². The van der Waals surface area contributed by atoms with E-state index < -0.39 is 48.5 Å². The van der Waals surface area contributed by atoms with E-state index in [2.05, 4.69) is 21.3 Å². The van der Waals surface area contributed by atoms with E-state index in [9.17, 15) is 41.9 Å². The number of esters is 1. The van der Waals surface area contributed by atoms with Gasteiger partial charge in [0, 0.05) is 44.5 Å². The summed E-state index contributed by atoms with van der Waals surface area (Å²) in [6.45, 7) is 6.17. The lowest BCUT2D eigenvalue weighted by Gasteiger charge is -2.29. The highest BCUT2D eigenvalue weighted by molar-refractivity contribution is 6.03. The zero-order valence-corrected chi connectivity index (χ0v) is 27.3. The van der Waals surface area contributed by atoms with Crippen molar-refractivity contribution < 1.29 is 46.7 Å². The lowest BCUT2D eigenvalue weighted by molar-refractivity contribution is -0.161. The van der Waals surface area contributed by atoms with Gasteiger partial charge in [0.1, 0.15) is 12.6 Å². The maximum atomic E-state index is 13.8. The van der Waals surface area contributed by atoms with Crippen molar-refractivity contribution in [1.82, 2.24) is 20.9 Å². The van der Waals surface area contributed by atoms with Crippen LogP contribution in [0, 0.1) is 11.8 Å². The molecule has 15 heteroatoms. The van der Waals surface area contributed by atoms with Gasteiger partial charge < -0.3 is 20.7 Å². The monoisotopic (exact) mass is 669 g/mol. The Morgan fingerprint density at radius 1 is 0.979 bits per heavy atom. The molecule has 3 atom stereocenters. The van der Waals surface area contributed by atoms with Crippen molar-refractivity contribution in [3.8, 4) is 0 Å². The summed E-state index contributed by atoms with van der Waals surface area (Å²) in [6, 6.07) is 3.58. The van der Waals surface area contributed by atoms with Crippen LogP contribution < -0.4 is 21.3 Å². The number of nitrogens with zero attached hydrogens (tertiary/aromatic N) is 1. The molecule has 0 bridgehead atoms. The summed E-state index contributed by atoms with van der Waals surface area (Å²) in [4.78, 5) is 73.2. The van der Waals surface area contributed by atoms with Gasteiger partial charge in [-0.05, 0) is 42.9 Å². The van der Waals surface area contributed by atoms with Crippen LogP contribution in [0.25, 0.3) is 0 Å². The Kier molecular flexibility index (Phi) is 15.8. The fraction of sp³-hybridized carbons (Fsp3) is 0.625. The quantitative estimate of drug-likeness (QED) is 0.0992. The van der Waals surface area contributed by atoms with Gasteiger partial charge >= 0.3 is 12.1 Å². The van der Waals surface area contributed by atoms with Crippen molar-refractivity contribution in [1.29, 1.82) is 0 Å². The molecular weight excluding hydrogens is 623 g/mol. The van der Waals surface area contributed by atoms with Gasteiger partial charge in [0.2, 0.25) is 29.5 Å². The number of alkyl halides is 3. The smallest absolute Gasteiger partial charge is 0.403 e. The Labute approximate surface area is 272 Å². The minimum atomic E-state index is -4.62. The van der Waals surface area contributed by atoms with Crippen molar-refractivity contribution >= 4 is 41.2 Å². The van der Waals surface area contributed by atoms with E-state index in [1.807, 2.05) is 0 Å². The van der Waals surface area contributed by atoms with E-state index in [-0.39, 0.29) is 69.0 Å². The number of nitrogens with one attached hydrogen (secondary N) is 4. The van der Waals surface area contributed by atoms with Gasteiger partial charge in [-0.2, -0.15) is 13.2 Å². The summed E-state index contributed by atoms with van der Waals surface area (Å²) in [5.74, 6) is -3.39. The number of halogens is 3. The Balaban J connectivity index is 1.71. The van der Waals surface area contributed by atoms with Crippen LogP contribution in [0.15, 0.2) is 24.3 Å². The van der Waals surface area contributed by atoms with Crippen molar-refractivity contribution in [3.63, 3.8) is 0 Å². The number of ether oxygens (including phenoxy) is 1. The molecule has 1 aliphatic heterocycles. The zero-order chi connectivity index (χ0) is 35.1. The van der Waals surface area contributed by atoms with Crippen LogP contribution >= 0.6 is 0 Å². The number of hydrogen-bond acceptors (Lipinski definition) is 8. The van der Waals surface area contributed by atoms with E-state index in [0.717, 1.165) is 10.5 Å². The third-order valence-electron chi connectivity index (χ3n) is 7.57. The zero-order valence-electron chi connectivity index (χ0n) is 27.3. The minimum Gasteiger partial charge on any atom is -0.461 e. The molecular formula is C32H46F3N5O7. The number of likely N-dealkylation sites (tertiary alicyclic amines) is 1. The highest BCUT2D eigenvalue weighted by Gasteiger charge is 2.42. The van der Waals surface area contributed by atoms with E-state index in [4.69, 9.17) is 4.74 Å². The number of benzene rings is 1. The van der Waals surface area contributed by atoms with E-state index in [1.54, 1.807) is 45.0 Å². The van der Waals surface area contributed by atoms with Crippen molar-refractivity contribution in [3.05, 3.63) is 29.8 Å². The summed E-state index contributed by atoms with van der Waals surface area (Å²) in [5, 5.41) is 10.1. The predicted molar refractivity (Wildman–Crippen MR) is 166 cm³/mol. The Morgan fingerprint density at radius 3 is 2.23 bits per heavy atom. The highest BCUT2D eigenvalue weighted by Crippen LogP contribution is 2.26. The first-order valence-corrected chi connectivity index (χ1v) is 15.8. The largest absolute Gasteiger partial charge is 0.461 e. The molecule has 12 nitrogen and oxygen atoms in total. The lowest BCUT2D eigenvalue weighted by atomic mass is 10.00. The van der Waals surface area contributed by atoms with Crippen LogP contribution in [0.4, 0.5) is 18.9 Å². The third kappa shape index (κ3) is 14.1. The second-order valence-corrected chi connectivity index (χ2v) is 12.0. The van der Waals surface area contributed by atoms with Gasteiger partial charge in [0.25, 0.3) is 0 Å². The molecule has 1 saturated heterocycles. The standard InChI is InChI=1S/C32H46F3N5O7/c1-20(2)29(39-25(32(33,34)35)9-6-5-7-16-40-28(44)17-21(3)31(40)46)30(45)37-18-27(43)36-15-8-10-26(42)38-24-13-11-23(12-14-24)19-47-22(4)41/h11-14,20-21,25,29,39H,5-10,15-19H2,1-4H3,(H,36,43)(H,37,45)(H,38,42). The summed E-state index contributed by atoms with van der Waals surface area (Å²) >= 11 is 0. The summed E-state index contributed by atoms with van der Waals surface area (Å²) in [6.07, 6.45) is -3.44. The molecule has 2 rings (SSSR count). The van der Waals surface area contributed by atoms with Crippen LogP contribution in [0.3, 0.4) is 0 Å². The maximum Gasteiger partial charge on any atom is 0.403 e. The molecule has 1 fully saturated rings. The van der Waals surface area contributed by atoms with Gasteiger partial charge in [-0.1, -0.05) is 45.7 Å². The highest BCUT2D eigenvalue weighted by atomic mass is 19.4. The van der Waals surface area contributed by atoms with Crippen molar-refractivity contribution in [2.45, 2.75) is 97.5 Å². The predicted octanol–water partition coefficient (Wildman–Crippen LogP) is 3.20. The molecule has 1 aromatic carbocycles. The Morgan fingerprint density at radius 2 is 1.66 bits per heavy atom.